The highest BCUT2D eigenvalue weighted by atomic mass is 127. The number of rotatable bonds is 4. The molecular weight excluding hydrogens is 437 g/mol. The molecule has 0 spiro atoms. The Kier molecular flexibility index (Phi) is 7.28. The molecule has 1 saturated heterocycles. The van der Waals surface area contributed by atoms with E-state index in [1.807, 2.05) is 18.4 Å². The first kappa shape index (κ1) is 19.0. The summed E-state index contributed by atoms with van der Waals surface area (Å²) in [5, 5.41) is 14.4. The van der Waals surface area contributed by atoms with Crippen LogP contribution < -0.4 is 15.5 Å². The first-order chi connectivity index (χ1) is 11.3. The molecule has 2 N–H and O–H groups in total. The number of thiophene rings is 1. The smallest absolute Gasteiger partial charge is 0.191 e. The van der Waals surface area contributed by atoms with E-state index in [2.05, 4.69) is 48.1 Å². The summed E-state index contributed by atoms with van der Waals surface area (Å²) in [7, 11) is 3.69. The minimum Gasteiger partial charge on any atom is -0.363 e. The van der Waals surface area contributed by atoms with E-state index >= 15 is 0 Å². The van der Waals surface area contributed by atoms with E-state index in [1.165, 1.54) is 5.00 Å². The summed E-state index contributed by atoms with van der Waals surface area (Å²) >= 11 is 1.81. The van der Waals surface area contributed by atoms with E-state index in [0.29, 0.717) is 12.6 Å². The lowest BCUT2D eigenvalue weighted by Gasteiger charge is -2.33. The molecular formula is C15H24IN7S. The van der Waals surface area contributed by atoms with Gasteiger partial charge in [-0.1, -0.05) is 0 Å². The number of nitrogens with one attached hydrogen (secondary N) is 2. The van der Waals surface area contributed by atoms with Crippen LogP contribution in [0.15, 0.2) is 28.8 Å². The van der Waals surface area contributed by atoms with Gasteiger partial charge in [-0.3, -0.25) is 9.67 Å². The van der Waals surface area contributed by atoms with Crippen LogP contribution in [-0.2, 0) is 13.6 Å². The minimum absolute atomic E-state index is 0. The normalized spacial score (nSPS) is 15.9. The predicted molar refractivity (Wildman–Crippen MR) is 109 cm³/mol. The molecule has 1 aliphatic heterocycles. The lowest BCUT2D eigenvalue weighted by atomic mass is 10.1. The second-order valence-corrected chi connectivity index (χ2v) is 6.51. The highest BCUT2D eigenvalue weighted by Gasteiger charge is 2.20. The Bertz CT molecular complexity index is 632. The van der Waals surface area contributed by atoms with Gasteiger partial charge in [-0.05, 0) is 30.4 Å². The highest BCUT2D eigenvalue weighted by Crippen LogP contribution is 2.24. The van der Waals surface area contributed by atoms with E-state index in [0.717, 1.165) is 37.7 Å². The average molecular weight is 461 g/mol. The van der Waals surface area contributed by atoms with Crippen LogP contribution in [0.2, 0.25) is 0 Å². The molecule has 2 aromatic heterocycles. The van der Waals surface area contributed by atoms with Gasteiger partial charge in [0.1, 0.15) is 12.2 Å². The van der Waals surface area contributed by atoms with Crippen molar-refractivity contribution >= 4 is 46.3 Å². The van der Waals surface area contributed by atoms with E-state index in [4.69, 9.17) is 0 Å². The Hall–Kier alpha value is -1.36. The fourth-order valence-electron chi connectivity index (χ4n) is 2.72. The Morgan fingerprint density at radius 1 is 1.42 bits per heavy atom. The lowest BCUT2D eigenvalue weighted by molar-refractivity contribution is 0.462. The zero-order valence-corrected chi connectivity index (χ0v) is 17.1. The number of guanidine groups is 1. The van der Waals surface area contributed by atoms with Crippen molar-refractivity contribution in [1.29, 1.82) is 0 Å². The van der Waals surface area contributed by atoms with Crippen molar-refractivity contribution in [3.63, 3.8) is 0 Å². The average Bonchev–Trinajstić information content (AvgIpc) is 3.24. The van der Waals surface area contributed by atoms with Crippen LogP contribution in [0.25, 0.3) is 0 Å². The standard InChI is InChI=1S/C15H23N7S.HI/c1-16-15(17-10-13-18-11-19-21(13)2)20-12-5-7-22(8-6-12)14-4-3-9-23-14;/h3-4,9,11-12H,5-8,10H2,1-2H3,(H2,16,17,20);1H. The largest absolute Gasteiger partial charge is 0.363 e. The van der Waals surface area contributed by atoms with Crippen molar-refractivity contribution in [3.05, 3.63) is 29.7 Å². The number of halogens is 1. The monoisotopic (exact) mass is 461 g/mol. The van der Waals surface area contributed by atoms with E-state index < -0.39 is 0 Å². The second kappa shape index (κ2) is 9.21. The molecule has 0 atom stereocenters. The molecule has 0 aromatic carbocycles. The van der Waals surface area contributed by atoms with Crippen LogP contribution in [0.5, 0.6) is 0 Å². The molecule has 0 unspecified atom stereocenters. The summed E-state index contributed by atoms with van der Waals surface area (Å²) < 4.78 is 1.76. The van der Waals surface area contributed by atoms with Gasteiger partial charge in [-0.15, -0.1) is 35.3 Å². The molecule has 24 heavy (non-hydrogen) atoms. The van der Waals surface area contributed by atoms with Gasteiger partial charge >= 0.3 is 0 Å². The number of anilines is 1. The SMILES string of the molecule is CN=C(NCc1ncnn1C)NC1CCN(c2cccs2)CC1.I. The van der Waals surface area contributed by atoms with Crippen LogP contribution in [0.3, 0.4) is 0 Å². The number of aliphatic imine (C=N–C) groups is 1. The van der Waals surface area contributed by atoms with Crippen molar-refractivity contribution in [2.75, 3.05) is 25.0 Å². The van der Waals surface area contributed by atoms with E-state index in [-0.39, 0.29) is 24.0 Å². The summed E-state index contributed by atoms with van der Waals surface area (Å²) in [4.78, 5) is 11.0. The zero-order valence-electron chi connectivity index (χ0n) is 14.0. The fourth-order valence-corrected chi connectivity index (χ4v) is 3.51. The maximum absolute atomic E-state index is 4.31. The van der Waals surface area contributed by atoms with Crippen LogP contribution in [0, 0.1) is 0 Å². The molecule has 0 amide bonds. The van der Waals surface area contributed by atoms with Gasteiger partial charge in [-0.2, -0.15) is 5.10 Å². The summed E-state index contributed by atoms with van der Waals surface area (Å²) in [5.74, 6) is 1.71. The summed E-state index contributed by atoms with van der Waals surface area (Å²) in [6.45, 7) is 2.78. The van der Waals surface area contributed by atoms with Crippen LogP contribution in [0.4, 0.5) is 5.00 Å². The van der Waals surface area contributed by atoms with Crippen molar-refractivity contribution in [2.24, 2.45) is 12.0 Å². The summed E-state index contributed by atoms with van der Waals surface area (Å²) in [6.07, 6.45) is 3.79. The Morgan fingerprint density at radius 3 is 2.79 bits per heavy atom. The van der Waals surface area contributed by atoms with Gasteiger partial charge in [0, 0.05) is 33.2 Å². The van der Waals surface area contributed by atoms with Gasteiger partial charge < -0.3 is 15.5 Å². The number of hydrogen-bond donors (Lipinski definition) is 2. The van der Waals surface area contributed by atoms with Crippen molar-refractivity contribution < 1.29 is 0 Å². The molecule has 0 aliphatic carbocycles. The molecule has 3 rings (SSSR count). The molecule has 0 radical (unpaired) electrons. The molecule has 7 nitrogen and oxygen atoms in total. The van der Waals surface area contributed by atoms with Gasteiger partial charge in [0.25, 0.3) is 0 Å². The first-order valence-corrected chi connectivity index (χ1v) is 8.72. The van der Waals surface area contributed by atoms with Crippen LogP contribution >= 0.6 is 35.3 Å². The Morgan fingerprint density at radius 2 is 2.21 bits per heavy atom. The van der Waals surface area contributed by atoms with Gasteiger partial charge in [0.05, 0.1) is 11.5 Å². The quantitative estimate of drug-likeness (QED) is 0.413. The molecule has 0 saturated carbocycles. The Labute approximate surface area is 163 Å². The van der Waals surface area contributed by atoms with Gasteiger partial charge in [0.15, 0.2) is 5.96 Å². The van der Waals surface area contributed by atoms with Gasteiger partial charge in [-0.25, -0.2) is 4.98 Å². The lowest BCUT2D eigenvalue weighted by Crippen LogP contribution is -2.48. The molecule has 3 heterocycles. The molecule has 132 valence electrons. The van der Waals surface area contributed by atoms with E-state index in [1.54, 1.807) is 18.1 Å². The highest BCUT2D eigenvalue weighted by molar-refractivity contribution is 14.0. The van der Waals surface area contributed by atoms with E-state index in [9.17, 15) is 0 Å². The van der Waals surface area contributed by atoms with Gasteiger partial charge in [0.2, 0.25) is 0 Å². The molecule has 1 aliphatic rings. The first-order valence-electron chi connectivity index (χ1n) is 7.85. The maximum Gasteiger partial charge on any atom is 0.191 e. The number of piperidine rings is 1. The topological polar surface area (TPSA) is 70.4 Å². The van der Waals surface area contributed by atoms with Crippen molar-refractivity contribution in [1.82, 2.24) is 25.4 Å². The number of aromatic nitrogens is 3. The summed E-state index contributed by atoms with van der Waals surface area (Å²) in [6, 6.07) is 4.76. The summed E-state index contributed by atoms with van der Waals surface area (Å²) in [5.41, 5.74) is 0. The van der Waals surface area contributed by atoms with Crippen LogP contribution in [0.1, 0.15) is 18.7 Å². The fraction of sp³-hybridized carbons (Fsp3) is 0.533. The predicted octanol–water partition coefficient (Wildman–Crippen LogP) is 1.83. The number of aryl methyl sites for hydroxylation is 1. The van der Waals surface area contributed by atoms with Crippen molar-refractivity contribution in [3.8, 4) is 0 Å². The maximum atomic E-state index is 4.31. The molecule has 0 bridgehead atoms. The molecule has 1 fully saturated rings. The molecule has 2 aromatic rings. The third-order valence-corrected chi connectivity index (χ3v) is 5.03. The second-order valence-electron chi connectivity index (χ2n) is 5.58. The number of nitrogens with zero attached hydrogens (tertiary/aromatic N) is 5. The van der Waals surface area contributed by atoms with Crippen molar-refractivity contribution in [2.45, 2.75) is 25.4 Å². The molecule has 9 heteroatoms. The third kappa shape index (κ3) is 4.82. The minimum atomic E-state index is 0. The third-order valence-electron chi connectivity index (χ3n) is 4.10. The zero-order chi connectivity index (χ0) is 16.1. The number of hydrogen-bond acceptors (Lipinski definition) is 5. The van der Waals surface area contributed by atoms with Crippen LogP contribution in [-0.4, -0.2) is 46.9 Å². The Balaban J connectivity index is 0.00000208.